The molecule has 8 heteroatoms. The van der Waals surface area contributed by atoms with Crippen LogP contribution in [0.5, 0.6) is 0 Å². The van der Waals surface area contributed by atoms with Crippen LogP contribution < -0.4 is 5.73 Å². The fraction of sp³-hybridized carbons (Fsp3) is 0.0833. The minimum absolute atomic E-state index is 0.385. The number of tetrazole rings is 1. The van der Waals surface area contributed by atoms with Crippen LogP contribution in [0.3, 0.4) is 0 Å². The lowest BCUT2D eigenvalue weighted by molar-refractivity contribution is -0.133. The van der Waals surface area contributed by atoms with Crippen molar-refractivity contribution in [3.8, 4) is 17.2 Å². The van der Waals surface area contributed by atoms with Crippen LogP contribution in [0.4, 0.5) is 0 Å². The van der Waals surface area contributed by atoms with Crippen molar-refractivity contribution >= 4 is 16.8 Å². The number of fused-ring (bicyclic) bond motifs is 1. The number of amides is 1. The van der Waals surface area contributed by atoms with E-state index in [-0.39, 0.29) is 0 Å². The van der Waals surface area contributed by atoms with Gasteiger partial charge in [0, 0.05) is 11.1 Å². The molecule has 3 N–H and O–H groups in total. The first-order chi connectivity index (χ1) is 15.5. The number of aryl methyl sites for hydroxylation is 1. The van der Waals surface area contributed by atoms with E-state index >= 15 is 0 Å². The van der Waals surface area contributed by atoms with Crippen LogP contribution in [0.25, 0.3) is 28.1 Å². The normalized spacial score (nSPS) is 13.2. The minimum atomic E-state index is -1.94. The highest BCUT2D eigenvalue weighted by Crippen LogP contribution is 2.33. The lowest BCUT2D eigenvalue weighted by Crippen LogP contribution is -2.42. The van der Waals surface area contributed by atoms with Crippen LogP contribution in [-0.4, -0.2) is 35.8 Å². The number of rotatable bonds is 5. The minimum Gasteiger partial charge on any atom is -0.372 e. The monoisotopic (exact) mass is 424 g/mol. The lowest BCUT2D eigenvalue weighted by Gasteiger charge is -2.26. The van der Waals surface area contributed by atoms with Gasteiger partial charge in [0.25, 0.3) is 5.91 Å². The molecule has 5 aromatic rings. The molecule has 0 fully saturated rings. The van der Waals surface area contributed by atoms with Gasteiger partial charge in [-0.05, 0) is 40.6 Å². The van der Waals surface area contributed by atoms with E-state index in [4.69, 9.17) is 5.73 Å². The maximum absolute atomic E-state index is 12.3. The maximum atomic E-state index is 12.3. The number of aliphatic hydroxyl groups is 1. The van der Waals surface area contributed by atoms with Gasteiger partial charge < -0.3 is 15.4 Å². The van der Waals surface area contributed by atoms with E-state index in [1.54, 1.807) is 43.4 Å². The summed E-state index contributed by atoms with van der Waals surface area (Å²) in [6.45, 7) is 0. The summed E-state index contributed by atoms with van der Waals surface area (Å²) in [4.78, 5) is 13.7. The van der Waals surface area contributed by atoms with Gasteiger partial charge in [-0.3, -0.25) is 4.79 Å². The summed E-state index contributed by atoms with van der Waals surface area (Å²) in [5.74, 6) is -0.349. The quantitative estimate of drug-likeness (QED) is 0.450. The molecule has 0 bridgehead atoms. The molecule has 1 amide bonds. The number of primary amides is 1. The van der Waals surface area contributed by atoms with E-state index in [0.717, 1.165) is 22.3 Å². The Labute approximate surface area is 183 Å². The largest absolute Gasteiger partial charge is 0.372 e. The zero-order valence-electron chi connectivity index (χ0n) is 17.3. The van der Waals surface area contributed by atoms with Crippen molar-refractivity contribution in [2.24, 2.45) is 12.8 Å². The number of carbonyl (C=O) groups excluding carboxylic acids is 1. The first-order valence-electron chi connectivity index (χ1n) is 10.0. The molecule has 1 atom stereocenters. The number of nitrogens with two attached hydrogens (primary N) is 1. The van der Waals surface area contributed by atoms with Gasteiger partial charge in [0.2, 0.25) is 5.82 Å². The van der Waals surface area contributed by atoms with Gasteiger partial charge in [-0.15, -0.1) is 10.2 Å². The molecule has 1 unspecified atom stereocenters. The highest BCUT2D eigenvalue weighted by molar-refractivity contribution is 5.89. The summed E-state index contributed by atoms with van der Waals surface area (Å²) < 4.78 is 2.02. The van der Waals surface area contributed by atoms with E-state index < -0.39 is 11.5 Å². The fourth-order valence-corrected chi connectivity index (χ4v) is 3.97. The summed E-state index contributed by atoms with van der Waals surface area (Å²) in [5.41, 5.74) is 7.05. The Hall–Kier alpha value is -4.30. The molecule has 0 aliphatic rings. The van der Waals surface area contributed by atoms with E-state index in [0.29, 0.717) is 17.0 Å². The summed E-state index contributed by atoms with van der Waals surface area (Å²) in [5, 5.41) is 24.7. The van der Waals surface area contributed by atoms with E-state index in [9.17, 15) is 9.90 Å². The van der Waals surface area contributed by atoms with Gasteiger partial charge >= 0.3 is 0 Å². The number of para-hydroxylation sites is 1. The molecular formula is C24H20N6O2. The molecule has 2 heterocycles. The molecule has 0 spiro atoms. The Morgan fingerprint density at radius 1 is 0.938 bits per heavy atom. The number of hydrogen-bond acceptors (Lipinski definition) is 5. The Balaban J connectivity index is 1.66. The van der Waals surface area contributed by atoms with Gasteiger partial charge in [-0.2, -0.15) is 4.80 Å². The summed E-state index contributed by atoms with van der Waals surface area (Å²) in [6.07, 6.45) is 0. The summed E-state index contributed by atoms with van der Waals surface area (Å²) in [6, 6.07) is 25.7. The summed E-state index contributed by atoms with van der Waals surface area (Å²) in [7, 11) is 1.71. The average molecular weight is 424 g/mol. The number of nitrogens with zero attached hydrogens (tertiary/aromatic N) is 5. The molecule has 32 heavy (non-hydrogen) atoms. The maximum Gasteiger partial charge on any atom is 0.258 e. The van der Waals surface area contributed by atoms with E-state index in [1.165, 1.54) is 4.80 Å². The molecule has 8 nitrogen and oxygen atoms in total. The van der Waals surface area contributed by atoms with Crippen molar-refractivity contribution < 1.29 is 9.90 Å². The van der Waals surface area contributed by atoms with Crippen LogP contribution in [-0.2, 0) is 17.4 Å². The van der Waals surface area contributed by atoms with Crippen molar-refractivity contribution in [2.45, 2.75) is 5.60 Å². The second-order valence-corrected chi connectivity index (χ2v) is 7.51. The topological polar surface area (TPSA) is 112 Å². The van der Waals surface area contributed by atoms with Crippen molar-refractivity contribution in [3.05, 3.63) is 96.1 Å². The first kappa shape index (κ1) is 19.7. The molecule has 0 radical (unpaired) electrons. The zero-order chi connectivity index (χ0) is 22.3. The number of carbonyl (C=O) groups is 1. The number of hydrogen-bond donors (Lipinski definition) is 2. The average Bonchev–Trinajstić information content (AvgIpc) is 3.42. The molecule has 0 saturated carbocycles. The third kappa shape index (κ3) is 3.05. The van der Waals surface area contributed by atoms with E-state index in [1.807, 2.05) is 53.1 Å². The van der Waals surface area contributed by atoms with Gasteiger partial charge in [0.1, 0.15) is 0 Å². The molecule has 0 saturated heterocycles. The SMILES string of the molecule is Cn1nnc(-c2cc3ccccc3n2-c2ccc(C(O)(C(N)=O)c3ccccc3)cc2)n1. The second kappa shape index (κ2) is 7.44. The van der Waals surface area contributed by atoms with Gasteiger partial charge in [-0.25, -0.2) is 0 Å². The number of benzene rings is 3. The lowest BCUT2D eigenvalue weighted by atomic mass is 9.85. The predicted molar refractivity (Wildman–Crippen MR) is 120 cm³/mol. The number of aromatic nitrogens is 5. The Morgan fingerprint density at radius 3 is 2.25 bits per heavy atom. The van der Waals surface area contributed by atoms with Crippen molar-refractivity contribution in [1.82, 2.24) is 24.8 Å². The Kier molecular flexibility index (Phi) is 4.57. The highest BCUT2D eigenvalue weighted by Gasteiger charge is 2.38. The molecule has 3 aromatic carbocycles. The molecule has 5 rings (SSSR count). The van der Waals surface area contributed by atoms with Crippen LogP contribution in [0.2, 0.25) is 0 Å². The van der Waals surface area contributed by atoms with Crippen molar-refractivity contribution in [1.29, 1.82) is 0 Å². The first-order valence-corrected chi connectivity index (χ1v) is 10.0. The Bertz CT molecular complexity index is 1420. The molecule has 0 aliphatic carbocycles. The highest BCUT2D eigenvalue weighted by atomic mass is 16.3. The molecule has 0 aliphatic heterocycles. The van der Waals surface area contributed by atoms with Crippen LogP contribution in [0.15, 0.2) is 84.9 Å². The van der Waals surface area contributed by atoms with Crippen molar-refractivity contribution in [2.75, 3.05) is 0 Å². The Morgan fingerprint density at radius 2 is 1.59 bits per heavy atom. The summed E-state index contributed by atoms with van der Waals surface area (Å²) >= 11 is 0. The fourth-order valence-electron chi connectivity index (χ4n) is 3.97. The smallest absolute Gasteiger partial charge is 0.258 e. The standard InChI is InChI=1S/C24H20N6O2/c1-29-27-22(26-28-29)21-15-16-7-5-6-10-20(16)30(21)19-13-11-18(12-14-19)24(32,23(25)31)17-8-3-2-4-9-17/h2-15,32H,1H3,(H2,25,31). The molecule has 158 valence electrons. The van der Waals surface area contributed by atoms with Crippen molar-refractivity contribution in [3.63, 3.8) is 0 Å². The predicted octanol–water partition coefficient (Wildman–Crippen LogP) is 2.54. The van der Waals surface area contributed by atoms with Crippen LogP contribution in [0, 0.1) is 0 Å². The van der Waals surface area contributed by atoms with E-state index in [2.05, 4.69) is 15.4 Å². The van der Waals surface area contributed by atoms with Gasteiger partial charge in [0.05, 0.1) is 18.3 Å². The zero-order valence-corrected chi connectivity index (χ0v) is 17.3. The second-order valence-electron chi connectivity index (χ2n) is 7.51. The van der Waals surface area contributed by atoms with Gasteiger partial charge in [-0.1, -0.05) is 60.7 Å². The van der Waals surface area contributed by atoms with Crippen LogP contribution in [0.1, 0.15) is 11.1 Å². The third-order valence-electron chi connectivity index (χ3n) is 5.54. The third-order valence-corrected chi connectivity index (χ3v) is 5.54. The molecule has 2 aromatic heterocycles. The molecular weight excluding hydrogens is 404 g/mol. The van der Waals surface area contributed by atoms with Crippen LogP contribution >= 0.6 is 0 Å². The van der Waals surface area contributed by atoms with Gasteiger partial charge in [0.15, 0.2) is 5.60 Å².